The van der Waals surface area contributed by atoms with Crippen LogP contribution < -0.4 is 16.6 Å². The monoisotopic (exact) mass is 319 g/mol. The first-order valence-corrected chi connectivity index (χ1v) is 7.54. The highest BCUT2D eigenvalue weighted by molar-refractivity contribution is 5.97. The van der Waals surface area contributed by atoms with Crippen LogP contribution in [-0.4, -0.2) is 35.2 Å². The molecule has 0 bridgehead atoms. The van der Waals surface area contributed by atoms with Crippen molar-refractivity contribution in [1.82, 2.24) is 14.9 Å². The number of ether oxygens (including phenoxy) is 1. The van der Waals surface area contributed by atoms with Crippen molar-refractivity contribution < 1.29 is 9.53 Å². The molecule has 1 aromatic carbocycles. The van der Waals surface area contributed by atoms with Gasteiger partial charge in [0.1, 0.15) is 0 Å². The summed E-state index contributed by atoms with van der Waals surface area (Å²) in [6.45, 7) is 4.33. The molecule has 7 heteroatoms. The van der Waals surface area contributed by atoms with Crippen LogP contribution >= 0.6 is 0 Å². The van der Waals surface area contributed by atoms with Gasteiger partial charge in [-0.25, -0.2) is 4.79 Å². The Hall–Kier alpha value is -2.41. The number of benzene rings is 1. The van der Waals surface area contributed by atoms with E-state index in [1.165, 1.54) is 13.2 Å². The number of H-pyrrole nitrogens is 1. The Bertz CT molecular complexity index is 822. The molecule has 2 aromatic rings. The molecule has 0 saturated heterocycles. The third-order valence-corrected chi connectivity index (χ3v) is 3.75. The molecule has 0 fully saturated rings. The second-order valence-corrected chi connectivity index (χ2v) is 5.42. The number of carbonyl (C=O) groups excluding carboxylic acids is 1. The summed E-state index contributed by atoms with van der Waals surface area (Å²) < 4.78 is 5.99. The lowest BCUT2D eigenvalue weighted by Gasteiger charge is -2.12. The second kappa shape index (κ2) is 7.23. The number of amides is 1. The number of hydrogen-bond donors (Lipinski definition) is 2. The maximum absolute atomic E-state index is 12.3. The fourth-order valence-electron chi connectivity index (χ4n) is 2.19. The molecule has 1 aromatic heterocycles. The van der Waals surface area contributed by atoms with Crippen molar-refractivity contribution in [2.75, 3.05) is 13.7 Å². The predicted octanol–water partition coefficient (Wildman–Crippen LogP) is 0.865. The third kappa shape index (κ3) is 3.68. The van der Waals surface area contributed by atoms with Gasteiger partial charge in [0.15, 0.2) is 0 Å². The SMILES string of the molecule is CC[C@H](C)NC(=O)c1ccc2c(=O)n(CCOC)c(=O)[nH]c2c1. The molecule has 0 saturated carbocycles. The minimum Gasteiger partial charge on any atom is -0.383 e. The first-order chi connectivity index (χ1) is 11.0. The molecule has 1 atom stereocenters. The van der Waals surface area contributed by atoms with Crippen LogP contribution in [0.25, 0.3) is 10.9 Å². The highest BCUT2D eigenvalue weighted by atomic mass is 16.5. The molecular formula is C16H21N3O4. The van der Waals surface area contributed by atoms with Crippen molar-refractivity contribution >= 4 is 16.8 Å². The minimum atomic E-state index is -0.515. The summed E-state index contributed by atoms with van der Waals surface area (Å²) in [5.41, 5.74) is -0.151. The minimum absolute atomic E-state index is 0.0549. The van der Waals surface area contributed by atoms with E-state index in [9.17, 15) is 14.4 Å². The van der Waals surface area contributed by atoms with E-state index in [1.54, 1.807) is 12.1 Å². The van der Waals surface area contributed by atoms with Crippen LogP contribution in [0.4, 0.5) is 0 Å². The van der Waals surface area contributed by atoms with Crippen LogP contribution in [-0.2, 0) is 11.3 Å². The van der Waals surface area contributed by atoms with Crippen molar-refractivity contribution in [2.45, 2.75) is 32.9 Å². The maximum Gasteiger partial charge on any atom is 0.328 e. The lowest BCUT2D eigenvalue weighted by atomic mass is 10.1. The number of fused-ring (bicyclic) bond motifs is 1. The van der Waals surface area contributed by atoms with Gasteiger partial charge >= 0.3 is 5.69 Å². The molecule has 0 unspecified atom stereocenters. The number of rotatable bonds is 6. The Morgan fingerprint density at radius 3 is 2.78 bits per heavy atom. The highest BCUT2D eigenvalue weighted by Gasteiger charge is 2.12. The maximum atomic E-state index is 12.3. The molecule has 0 radical (unpaired) electrons. The van der Waals surface area contributed by atoms with E-state index in [0.717, 1.165) is 11.0 Å². The van der Waals surface area contributed by atoms with Gasteiger partial charge in [0, 0.05) is 18.7 Å². The van der Waals surface area contributed by atoms with Crippen LogP contribution in [0.2, 0.25) is 0 Å². The van der Waals surface area contributed by atoms with E-state index in [-0.39, 0.29) is 25.1 Å². The molecule has 0 spiro atoms. The van der Waals surface area contributed by atoms with Crippen LogP contribution in [0.3, 0.4) is 0 Å². The number of aromatic nitrogens is 2. The van der Waals surface area contributed by atoms with Crippen LogP contribution in [0, 0.1) is 0 Å². The quantitative estimate of drug-likeness (QED) is 0.826. The normalized spacial score (nSPS) is 12.3. The summed E-state index contributed by atoms with van der Waals surface area (Å²) in [7, 11) is 1.50. The summed E-state index contributed by atoms with van der Waals surface area (Å²) in [5.74, 6) is -0.231. The number of aromatic amines is 1. The summed E-state index contributed by atoms with van der Waals surface area (Å²) in [6.07, 6.45) is 0.820. The number of nitrogens with one attached hydrogen (secondary N) is 2. The van der Waals surface area contributed by atoms with Crippen molar-refractivity contribution in [3.8, 4) is 0 Å². The van der Waals surface area contributed by atoms with Gasteiger partial charge in [0.25, 0.3) is 11.5 Å². The number of nitrogens with zero attached hydrogens (tertiary/aromatic N) is 1. The fourth-order valence-corrected chi connectivity index (χ4v) is 2.19. The van der Waals surface area contributed by atoms with Gasteiger partial charge in [0.2, 0.25) is 0 Å². The van der Waals surface area contributed by atoms with Gasteiger partial charge in [-0.1, -0.05) is 6.92 Å². The molecule has 7 nitrogen and oxygen atoms in total. The molecule has 0 aliphatic rings. The summed E-state index contributed by atoms with van der Waals surface area (Å²) in [4.78, 5) is 39.1. The topological polar surface area (TPSA) is 93.2 Å². The number of hydrogen-bond acceptors (Lipinski definition) is 4. The van der Waals surface area contributed by atoms with E-state index in [0.29, 0.717) is 16.5 Å². The Labute approximate surface area is 133 Å². The van der Waals surface area contributed by atoms with Crippen LogP contribution in [0.15, 0.2) is 27.8 Å². The van der Waals surface area contributed by atoms with Crippen molar-refractivity contribution in [2.24, 2.45) is 0 Å². The average Bonchev–Trinajstić information content (AvgIpc) is 2.53. The van der Waals surface area contributed by atoms with E-state index in [1.807, 2.05) is 13.8 Å². The van der Waals surface area contributed by atoms with Crippen molar-refractivity contribution in [1.29, 1.82) is 0 Å². The summed E-state index contributed by atoms with van der Waals surface area (Å²) in [5, 5.41) is 3.21. The van der Waals surface area contributed by atoms with Crippen molar-refractivity contribution in [3.05, 3.63) is 44.6 Å². The van der Waals surface area contributed by atoms with E-state index in [2.05, 4.69) is 10.3 Å². The highest BCUT2D eigenvalue weighted by Crippen LogP contribution is 2.09. The van der Waals surface area contributed by atoms with Gasteiger partial charge in [-0.15, -0.1) is 0 Å². The Kier molecular flexibility index (Phi) is 5.33. The molecule has 2 rings (SSSR count). The van der Waals surface area contributed by atoms with Gasteiger partial charge in [-0.05, 0) is 31.5 Å². The molecular weight excluding hydrogens is 298 g/mol. The summed E-state index contributed by atoms with van der Waals surface area (Å²) >= 11 is 0. The average molecular weight is 319 g/mol. The van der Waals surface area contributed by atoms with E-state index in [4.69, 9.17) is 4.74 Å². The standard InChI is InChI=1S/C16H21N3O4/c1-4-10(2)17-14(20)11-5-6-12-13(9-11)18-16(22)19(15(12)21)7-8-23-3/h5-6,9-10H,4,7-8H2,1-3H3,(H,17,20)(H,18,22)/t10-/m0/s1. The molecule has 2 N–H and O–H groups in total. The van der Waals surface area contributed by atoms with Crippen LogP contribution in [0.5, 0.6) is 0 Å². The molecule has 1 heterocycles. The molecule has 124 valence electrons. The molecule has 23 heavy (non-hydrogen) atoms. The smallest absolute Gasteiger partial charge is 0.328 e. The molecule has 1 amide bonds. The Morgan fingerprint density at radius 1 is 1.39 bits per heavy atom. The largest absolute Gasteiger partial charge is 0.383 e. The lowest BCUT2D eigenvalue weighted by molar-refractivity contribution is 0.0939. The lowest BCUT2D eigenvalue weighted by Crippen LogP contribution is -2.36. The summed E-state index contributed by atoms with van der Waals surface area (Å²) in [6, 6.07) is 4.72. The van der Waals surface area contributed by atoms with Gasteiger partial charge in [-0.3, -0.25) is 14.2 Å². The van der Waals surface area contributed by atoms with E-state index < -0.39 is 11.2 Å². The first-order valence-electron chi connectivity index (χ1n) is 7.54. The van der Waals surface area contributed by atoms with E-state index >= 15 is 0 Å². The molecule has 0 aliphatic heterocycles. The Morgan fingerprint density at radius 2 is 2.13 bits per heavy atom. The predicted molar refractivity (Wildman–Crippen MR) is 87.9 cm³/mol. The van der Waals surface area contributed by atoms with Gasteiger partial charge in [0.05, 0.1) is 24.1 Å². The zero-order chi connectivity index (χ0) is 17.0. The van der Waals surface area contributed by atoms with Crippen molar-refractivity contribution in [3.63, 3.8) is 0 Å². The van der Waals surface area contributed by atoms with Gasteiger partial charge in [-0.2, -0.15) is 0 Å². The first kappa shape index (κ1) is 17.0. The zero-order valence-electron chi connectivity index (χ0n) is 13.5. The van der Waals surface area contributed by atoms with Gasteiger partial charge < -0.3 is 15.0 Å². The number of methoxy groups -OCH3 is 1. The zero-order valence-corrected chi connectivity index (χ0v) is 13.5. The Balaban J connectivity index is 2.43. The second-order valence-electron chi connectivity index (χ2n) is 5.42. The third-order valence-electron chi connectivity index (χ3n) is 3.75. The van der Waals surface area contributed by atoms with Crippen LogP contribution in [0.1, 0.15) is 30.6 Å². The number of carbonyl (C=O) groups is 1. The fraction of sp³-hybridized carbons (Fsp3) is 0.438. The molecule has 0 aliphatic carbocycles.